The molecule has 0 aromatic heterocycles. The Balaban J connectivity index is 1.79. The molecule has 0 N–H and O–H groups in total. The Bertz CT molecular complexity index is 815. The molecule has 0 spiro atoms. The molecule has 4 rings (SSSR count). The van der Waals surface area contributed by atoms with Gasteiger partial charge in [-0.25, -0.2) is 0 Å². The largest absolute Gasteiger partial charge is 0.454 e. The van der Waals surface area contributed by atoms with E-state index in [9.17, 15) is 4.79 Å². The van der Waals surface area contributed by atoms with Crippen LogP contribution in [0.5, 0.6) is 11.5 Å². The SMILES string of the molecule is C=CCC1=C[C@]2(OC)[C@@H](C)[C@@H](c3ccc4c(c3)OCO4)O[C@]2(OC)CC1=O. The quantitative estimate of drug-likeness (QED) is 0.739. The number of ether oxygens (including phenoxy) is 5. The fourth-order valence-corrected chi connectivity index (χ4v) is 4.51. The minimum Gasteiger partial charge on any atom is -0.454 e. The van der Waals surface area contributed by atoms with Gasteiger partial charge in [-0.3, -0.25) is 4.79 Å². The van der Waals surface area contributed by atoms with Crippen LogP contribution < -0.4 is 9.47 Å². The predicted octanol–water partition coefficient (Wildman–Crippen LogP) is 3.33. The van der Waals surface area contributed by atoms with E-state index in [1.54, 1.807) is 20.3 Å². The molecule has 4 atom stereocenters. The van der Waals surface area contributed by atoms with Crippen LogP contribution in [-0.4, -0.2) is 38.2 Å². The van der Waals surface area contributed by atoms with Crippen molar-refractivity contribution in [3.63, 3.8) is 0 Å². The summed E-state index contributed by atoms with van der Waals surface area (Å²) < 4.78 is 29.1. The molecule has 6 nitrogen and oxygen atoms in total. The average molecular weight is 372 g/mol. The van der Waals surface area contributed by atoms with Crippen molar-refractivity contribution in [1.82, 2.24) is 0 Å². The first-order valence-electron chi connectivity index (χ1n) is 9.03. The molecular formula is C21H24O6. The van der Waals surface area contributed by atoms with Gasteiger partial charge in [-0.05, 0) is 35.8 Å². The molecule has 1 aliphatic carbocycles. The maximum atomic E-state index is 12.7. The summed E-state index contributed by atoms with van der Waals surface area (Å²) in [5.74, 6) is 0.117. The van der Waals surface area contributed by atoms with E-state index >= 15 is 0 Å². The van der Waals surface area contributed by atoms with Gasteiger partial charge in [-0.15, -0.1) is 6.58 Å². The summed E-state index contributed by atoms with van der Waals surface area (Å²) in [6.07, 6.45) is 3.87. The molecule has 1 saturated heterocycles. The lowest BCUT2D eigenvalue weighted by atomic mass is 9.72. The molecule has 0 amide bonds. The number of allylic oxidation sites excluding steroid dienone is 2. The zero-order chi connectivity index (χ0) is 19.2. The van der Waals surface area contributed by atoms with Crippen LogP contribution in [0.3, 0.4) is 0 Å². The smallest absolute Gasteiger partial charge is 0.231 e. The van der Waals surface area contributed by atoms with Crippen LogP contribution in [0.25, 0.3) is 0 Å². The molecule has 6 heteroatoms. The highest BCUT2D eigenvalue weighted by Crippen LogP contribution is 2.58. The lowest BCUT2D eigenvalue weighted by Gasteiger charge is -2.44. The second-order valence-corrected chi connectivity index (χ2v) is 7.16. The number of hydrogen-bond acceptors (Lipinski definition) is 6. The highest BCUT2D eigenvalue weighted by Gasteiger charge is 2.67. The van der Waals surface area contributed by atoms with Gasteiger partial charge in [0.25, 0.3) is 0 Å². The van der Waals surface area contributed by atoms with Gasteiger partial charge >= 0.3 is 0 Å². The van der Waals surface area contributed by atoms with Crippen molar-refractivity contribution in [3.8, 4) is 11.5 Å². The third kappa shape index (κ3) is 2.47. The normalized spacial score (nSPS) is 34.3. The van der Waals surface area contributed by atoms with Crippen LogP contribution in [0.4, 0.5) is 0 Å². The van der Waals surface area contributed by atoms with Gasteiger partial charge in [-0.1, -0.05) is 19.1 Å². The number of carbonyl (C=O) groups excluding carboxylic acids is 1. The third-order valence-corrected chi connectivity index (χ3v) is 5.94. The molecule has 0 radical (unpaired) electrons. The number of carbonyl (C=O) groups is 1. The van der Waals surface area contributed by atoms with Gasteiger partial charge in [0.1, 0.15) is 5.60 Å². The Morgan fingerprint density at radius 2 is 2.04 bits per heavy atom. The minimum atomic E-state index is -1.18. The van der Waals surface area contributed by atoms with Crippen molar-refractivity contribution < 1.29 is 28.5 Å². The van der Waals surface area contributed by atoms with Gasteiger partial charge in [-0.2, -0.15) is 0 Å². The van der Waals surface area contributed by atoms with E-state index in [0.29, 0.717) is 23.5 Å². The molecule has 2 aliphatic heterocycles. The Labute approximate surface area is 158 Å². The second kappa shape index (κ2) is 6.48. The van der Waals surface area contributed by atoms with E-state index in [2.05, 4.69) is 13.5 Å². The molecule has 1 aromatic carbocycles. The molecule has 1 aromatic rings. The van der Waals surface area contributed by atoms with Gasteiger partial charge in [0, 0.05) is 20.1 Å². The van der Waals surface area contributed by atoms with Crippen molar-refractivity contribution in [2.24, 2.45) is 5.92 Å². The van der Waals surface area contributed by atoms with E-state index in [1.807, 2.05) is 24.3 Å². The van der Waals surface area contributed by atoms with Crippen LogP contribution in [0.2, 0.25) is 0 Å². The number of fused-ring (bicyclic) bond motifs is 2. The monoisotopic (exact) mass is 372 g/mol. The number of methoxy groups -OCH3 is 2. The van der Waals surface area contributed by atoms with Gasteiger partial charge < -0.3 is 23.7 Å². The van der Waals surface area contributed by atoms with Gasteiger partial charge in [0.15, 0.2) is 17.3 Å². The Kier molecular flexibility index (Phi) is 4.37. The lowest BCUT2D eigenvalue weighted by Crippen LogP contribution is -2.58. The van der Waals surface area contributed by atoms with E-state index in [-0.39, 0.29) is 31.0 Å². The molecule has 1 fully saturated rings. The zero-order valence-electron chi connectivity index (χ0n) is 15.8. The van der Waals surface area contributed by atoms with Crippen LogP contribution in [0, 0.1) is 5.92 Å². The highest BCUT2D eigenvalue weighted by molar-refractivity contribution is 5.97. The van der Waals surface area contributed by atoms with E-state index in [1.165, 1.54) is 0 Å². The molecule has 144 valence electrons. The average Bonchev–Trinajstić information content (AvgIpc) is 3.24. The summed E-state index contributed by atoms with van der Waals surface area (Å²) in [6.45, 7) is 6.02. The fraction of sp³-hybridized carbons (Fsp3) is 0.476. The minimum absolute atomic E-state index is 0.0111. The van der Waals surface area contributed by atoms with Crippen molar-refractivity contribution in [3.05, 3.63) is 48.1 Å². The second-order valence-electron chi connectivity index (χ2n) is 7.16. The standard InChI is InChI=1S/C21H24O6/c1-5-6-15-10-20(23-3)13(2)19(27-21(20,24-4)11-16(15)22)14-7-8-17-18(9-14)26-12-25-17/h5,7-10,13,19H,1,6,11-12H2,2-4H3/t13-,19-,20-,21+/m0/s1. The first-order valence-corrected chi connectivity index (χ1v) is 9.03. The van der Waals surface area contributed by atoms with Crippen LogP contribution in [0.1, 0.15) is 31.4 Å². The summed E-state index contributed by atoms with van der Waals surface area (Å²) in [5, 5.41) is 0. The molecule has 0 saturated carbocycles. The molecule has 0 unspecified atom stereocenters. The zero-order valence-corrected chi connectivity index (χ0v) is 15.8. The summed E-state index contributed by atoms with van der Waals surface area (Å²) in [6, 6.07) is 5.75. The summed E-state index contributed by atoms with van der Waals surface area (Å²) in [7, 11) is 3.19. The topological polar surface area (TPSA) is 63.2 Å². The van der Waals surface area contributed by atoms with Crippen molar-refractivity contribution in [2.45, 2.75) is 37.3 Å². The lowest BCUT2D eigenvalue weighted by molar-refractivity contribution is -0.274. The Morgan fingerprint density at radius 1 is 1.26 bits per heavy atom. The number of benzene rings is 1. The van der Waals surface area contributed by atoms with Gasteiger partial charge in [0.05, 0.1) is 12.5 Å². The Morgan fingerprint density at radius 3 is 2.74 bits per heavy atom. The molecule has 2 heterocycles. The van der Waals surface area contributed by atoms with Crippen LogP contribution >= 0.6 is 0 Å². The highest BCUT2D eigenvalue weighted by atomic mass is 16.7. The van der Waals surface area contributed by atoms with E-state index in [4.69, 9.17) is 23.7 Å². The number of Topliss-reactive ketones (excluding diaryl/α,β-unsaturated/α-hetero) is 1. The van der Waals surface area contributed by atoms with Crippen molar-refractivity contribution in [1.29, 1.82) is 0 Å². The summed E-state index contributed by atoms with van der Waals surface area (Å²) >= 11 is 0. The first-order chi connectivity index (χ1) is 13.0. The third-order valence-electron chi connectivity index (χ3n) is 5.94. The molecule has 0 bridgehead atoms. The van der Waals surface area contributed by atoms with Crippen LogP contribution in [-0.2, 0) is 19.0 Å². The number of hydrogen-bond donors (Lipinski definition) is 0. The fourth-order valence-electron chi connectivity index (χ4n) is 4.51. The van der Waals surface area contributed by atoms with Crippen LogP contribution in [0.15, 0.2) is 42.5 Å². The number of rotatable bonds is 5. The van der Waals surface area contributed by atoms with Crippen molar-refractivity contribution >= 4 is 5.78 Å². The predicted molar refractivity (Wildman–Crippen MR) is 97.6 cm³/mol. The summed E-state index contributed by atoms with van der Waals surface area (Å²) in [5.41, 5.74) is 0.733. The molecule has 27 heavy (non-hydrogen) atoms. The maximum absolute atomic E-state index is 12.7. The molecule has 3 aliphatic rings. The Hall–Kier alpha value is -2.15. The first kappa shape index (κ1) is 18.2. The maximum Gasteiger partial charge on any atom is 0.231 e. The number of ketones is 1. The van der Waals surface area contributed by atoms with Crippen molar-refractivity contribution in [2.75, 3.05) is 21.0 Å². The van der Waals surface area contributed by atoms with E-state index in [0.717, 1.165) is 5.56 Å². The summed E-state index contributed by atoms with van der Waals surface area (Å²) in [4.78, 5) is 12.7. The van der Waals surface area contributed by atoms with E-state index < -0.39 is 11.4 Å². The van der Waals surface area contributed by atoms with Gasteiger partial charge in [0.2, 0.25) is 12.6 Å². The molecular weight excluding hydrogens is 348 g/mol.